The van der Waals surface area contributed by atoms with E-state index in [2.05, 4.69) is 31.1 Å². The minimum Gasteiger partial charge on any atom is -0.379 e. The first-order chi connectivity index (χ1) is 8.34. The molecular formula is C13H19ClN2O2. The second-order valence-corrected chi connectivity index (χ2v) is 5.56. The summed E-state index contributed by atoms with van der Waals surface area (Å²) in [5, 5.41) is 3.20. The highest BCUT2D eigenvalue weighted by Crippen LogP contribution is 2.21. The Bertz CT molecular complexity index is 398. The molecule has 1 atom stereocenters. The molecule has 1 N–H and O–H groups in total. The molecule has 0 radical (unpaired) electrons. The van der Waals surface area contributed by atoms with Crippen molar-refractivity contribution in [2.24, 2.45) is 5.41 Å². The zero-order valence-corrected chi connectivity index (χ0v) is 11.9. The minimum atomic E-state index is -0.175. The SMILES string of the molecule is COC(CNC(=O)c1ccc(Cl)nc1)C(C)(C)C. The van der Waals surface area contributed by atoms with Gasteiger partial charge in [-0.25, -0.2) is 4.98 Å². The molecule has 0 aliphatic rings. The highest BCUT2D eigenvalue weighted by molar-refractivity contribution is 6.29. The lowest BCUT2D eigenvalue weighted by Gasteiger charge is -2.29. The van der Waals surface area contributed by atoms with Gasteiger partial charge in [-0.05, 0) is 17.5 Å². The van der Waals surface area contributed by atoms with Gasteiger partial charge in [0, 0.05) is 19.9 Å². The molecule has 0 aliphatic carbocycles. The van der Waals surface area contributed by atoms with E-state index in [0.717, 1.165) is 0 Å². The van der Waals surface area contributed by atoms with Crippen molar-refractivity contribution in [3.05, 3.63) is 29.0 Å². The van der Waals surface area contributed by atoms with E-state index in [1.165, 1.54) is 6.20 Å². The van der Waals surface area contributed by atoms with Gasteiger partial charge in [-0.3, -0.25) is 4.79 Å². The van der Waals surface area contributed by atoms with Gasteiger partial charge in [-0.2, -0.15) is 0 Å². The molecule has 0 aromatic carbocycles. The highest BCUT2D eigenvalue weighted by Gasteiger charge is 2.24. The molecule has 0 saturated carbocycles. The van der Waals surface area contributed by atoms with Gasteiger partial charge in [-0.1, -0.05) is 32.4 Å². The van der Waals surface area contributed by atoms with E-state index in [1.54, 1.807) is 19.2 Å². The number of carbonyl (C=O) groups is 1. The van der Waals surface area contributed by atoms with Crippen LogP contribution < -0.4 is 5.32 Å². The number of ether oxygens (including phenoxy) is 1. The number of amides is 1. The van der Waals surface area contributed by atoms with Crippen LogP contribution >= 0.6 is 11.6 Å². The third-order valence-corrected chi connectivity index (χ3v) is 2.91. The summed E-state index contributed by atoms with van der Waals surface area (Å²) in [4.78, 5) is 15.7. The molecule has 4 nitrogen and oxygen atoms in total. The van der Waals surface area contributed by atoms with E-state index in [0.29, 0.717) is 17.3 Å². The van der Waals surface area contributed by atoms with E-state index in [4.69, 9.17) is 16.3 Å². The fourth-order valence-electron chi connectivity index (χ4n) is 1.54. The average molecular weight is 271 g/mol. The largest absolute Gasteiger partial charge is 0.379 e. The summed E-state index contributed by atoms with van der Waals surface area (Å²) in [5.74, 6) is -0.175. The number of pyridine rings is 1. The summed E-state index contributed by atoms with van der Waals surface area (Å²) < 4.78 is 5.37. The molecule has 0 fully saturated rings. The van der Waals surface area contributed by atoms with Gasteiger partial charge < -0.3 is 10.1 Å². The number of hydrogen-bond donors (Lipinski definition) is 1. The summed E-state index contributed by atoms with van der Waals surface area (Å²) in [5.41, 5.74) is 0.462. The lowest BCUT2D eigenvalue weighted by molar-refractivity contribution is 0.0176. The Balaban J connectivity index is 2.58. The van der Waals surface area contributed by atoms with Crippen LogP contribution in [0.1, 0.15) is 31.1 Å². The van der Waals surface area contributed by atoms with Crippen LogP contribution in [0.15, 0.2) is 18.3 Å². The van der Waals surface area contributed by atoms with Crippen molar-refractivity contribution in [2.75, 3.05) is 13.7 Å². The number of carbonyl (C=O) groups excluding carboxylic acids is 1. The Labute approximate surface area is 113 Å². The normalized spacial score (nSPS) is 13.2. The summed E-state index contributed by atoms with van der Waals surface area (Å²) in [6.45, 7) is 6.66. The second kappa shape index (κ2) is 6.16. The minimum absolute atomic E-state index is 0.0275. The average Bonchev–Trinajstić information content (AvgIpc) is 2.28. The zero-order chi connectivity index (χ0) is 13.8. The number of hydrogen-bond acceptors (Lipinski definition) is 3. The van der Waals surface area contributed by atoms with Crippen LogP contribution in [-0.2, 0) is 4.74 Å². The van der Waals surface area contributed by atoms with Crippen LogP contribution in [0.5, 0.6) is 0 Å². The molecular weight excluding hydrogens is 252 g/mol. The molecule has 1 heterocycles. The van der Waals surface area contributed by atoms with Crippen LogP contribution in [0.4, 0.5) is 0 Å². The lowest BCUT2D eigenvalue weighted by atomic mass is 9.89. The summed E-state index contributed by atoms with van der Waals surface area (Å²) in [6.07, 6.45) is 1.41. The van der Waals surface area contributed by atoms with Crippen molar-refractivity contribution in [2.45, 2.75) is 26.9 Å². The van der Waals surface area contributed by atoms with Crippen molar-refractivity contribution < 1.29 is 9.53 Å². The highest BCUT2D eigenvalue weighted by atomic mass is 35.5. The third kappa shape index (κ3) is 4.27. The Morgan fingerprint density at radius 3 is 2.61 bits per heavy atom. The topological polar surface area (TPSA) is 51.2 Å². The molecule has 5 heteroatoms. The first-order valence-corrected chi connectivity index (χ1v) is 6.15. The number of halogens is 1. The van der Waals surface area contributed by atoms with E-state index in [9.17, 15) is 4.79 Å². The Hall–Kier alpha value is -1.13. The van der Waals surface area contributed by atoms with E-state index >= 15 is 0 Å². The Kier molecular flexibility index (Phi) is 5.11. The quantitative estimate of drug-likeness (QED) is 0.856. The molecule has 0 saturated heterocycles. The van der Waals surface area contributed by atoms with Crippen molar-refractivity contribution in [3.8, 4) is 0 Å². The predicted molar refractivity (Wildman–Crippen MR) is 71.8 cm³/mol. The first kappa shape index (κ1) is 14.9. The number of methoxy groups -OCH3 is 1. The molecule has 1 amide bonds. The number of aromatic nitrogens is 1. The Morgan fingerprint density at radius 2 is 2.17 bits per heavy atom. The molecule has 1 rings (SSSR count). The zero-order valence-electron chi connectivity index (χ0n) is 11.2. The molecule has 0 aliphatic heterocycles. The maximum Gasteiger partial charge on any atom is 0.252 e. The van der Waals surface area contributed by atoms with E-state index in [1.807, 2.05) is 0 Å². The summed E-state index contributed by atoms with van der Waals surface area (Å²) >= 11 is 5.66. The molecule has 18 heavy (non-hydrogen) atoms. The molecule has 0 bridgehead atoms. The molecule has 1 aromatic heterocycles. The van der Waals surface area contributed by atoms with Crippen LogP contribution in [0, 0.1) is 5.41 Å². The lowest BCUT2D eigenvalue weighted by Crippen LogP contribution is -2.40. The van der Waals surface area contributed by atoms with Gasteiger partial charge in [-0.15, -0.1) is 0 Å². The maximum absolute atomic E-state index is 11.9. The third-order valence-electron chi connectivity index (χ3n) is 2.69. The monoisotopic (exact) mass is 270 g/mol. The van der Waals surface area contributed by atoms with Crippen LogP contribution in [0.25, 0.3) is 0 Å². The number of nitrogens with zero attached hydrogens (tertiary/aromatic N) is 1. The van der Waals surface area contributed by atoms with Crippen molar-refractivity contribution in [1.82, 2.24) is 10.3 Å². The maximum atomic E-state index is 11.9. The van der Waals surface area contributed by atoms with Crippen LogP contribution in [-0.4, -0.2) is 30.6 Å². The standard InChI is InChI=1S/C13H19ClN2O2/c1-13(2,3)10(18-4)8-16-12(17)9-5-6-11(14)15-7-9/h5-7,10H,8H2,1-4H3,(H,16,17). The van der Waals surface area contributed by atoms with Crippen molar-refractivity contribution in [3.63, 3.8) is 0 Å². The molecule has 0 spiro atoms. The van der Waals surface area contributed by atoms with E-state index < -0.39 is 0 Å². The fourth-order valence-corrected chi connectivity index (χ4v) is 1.65. The summed E-state index contributed by atoms with van der Waals surface area (Å²) in [7, 11) is 1.64. The number of rotatable bonds is 4. The van der Waals surface area contributed by atoms with Crippen LogP contribution in [0.3, 0.4) is 0 Å². The van der Waals surface area contributed by atoms with Gasteiger partial charge in [0.1, 0.15) is 5.15 Å². The van der Waals surface area contributed by atoms with Crippen LogP contribution in [0.2, 0.25) is 5.15 Å². The molecule has 100 valence electrons. The Morgan fingerprint density at radius 1 is 1.50 bits per heavy atom. The van der Waals surface area contributed by atoms with Crippen molar-refractivity contribution in [1.29, 1.82) is 0 Å². The van der Waals surface area contributed by atoms with Gasteiger partial charge >= 0.3 is 0 Å². The predicted octanol–water partition coefficient (Wildman–Crippen LogP) is 2.53. The van der Waals surface area contributed by atoms with E-state index in [-0.39, 0.29) is 17.4 Å². The van der Waals surface area contributed by atoms with Gasteiger partial charge in [0.15, 0.2) is 0 Å². The second-order valence-electron chi connectivity index (χ2n) is 5.17. The van der Waals surface area contributed by atoms with Gasteiger partial charge in [0.25, 0.3) is 5.91 Å². The van der Waals surface area contributed by atoms with Gasteiger partial charge in [0.05, 0.1) is 11.7 Å². The fraction of sp³-hybridized carbons (Fsp3) is 0.538. The number of nitrogens with one attached hydrogen (secondary N) is 1. The summed E-state index contributed by atoms with van der Waals surface area (Å²) in [6, 6.07) is 3.23. The van der Waals surface area contributed by atoms with Gasteiger partial charge in [0.2, 0.25) is 0 Å². The molecule has 1 unspecified atom stereocenters. The first-order valence-electron chi connectivity index (χ1n) is 5.77. The molecule has 1 aromatic rings. The van der Waals surface area contributed by atoms with Crippen molar-refractivity contribution >= 4 is 17.5 Å². The smallest absolute Gasteiger partial charge is 0.252 e.